The van der Waals surface area contributed by atoms with Crippen LogP contribution in [-0.2, 0) is 0 Å². The van der Waals surface area contributed by atoms with Crippen molar-refractivity contribution >= 4 is 131 Å². The Morgan fingerprint density at radius 1 is 0.436 bits per heavy atom. The number of halogens is 1. The van der Waals surface area contributed by atoms with Gasteiger partial charge in [-0.3, -0.25) is 0 Å². The maximum Gasteiger partial charge on any atom is 0.141 e. The molecule has 0 saturated heterocycles. The summed E-state index contributed by atoms with van der Waals surface area (Å²) in [5, 5.41) is 2.75. The Bertz CT molecular complexity index is 1850. The van der Waals surface area contributed by atoms with Gasteiger partial charge in [0.1, 0.15) is 54.9 Å². The lowest BCUT2D eigenvalue weighted by atomic mass is 9.65. The molecule has 0 amide bonds. The van der Waals surface area contributed by atoms with Gasteiger partial charge in [0.2, 0.25) is 0 Å². The maximum atomic E-state index is 3.93. The maximum absolute atomic E-state index is 3.93. The van der Waals surface area contributed by atoms with Crippen LogP contribution in [0.5, 0.6) is 0 Å². The van der Waals surface area contributed by atoms with Gasteiger partial charge in [0.05, 0.1) is 0 Å². The van der Waals surface area contributed by atoms with Crippen LogP contribution in [0, 0.1) is 0 Å². The highest BCUT2D eigenvalue weighted by molar-refractivity contribution is 9.10. The third-order valence-corrected chi connectivity index (χ3v) is 10.2. The van der Waals surface area contributed by atoms with Crippen LogP contribution in [0.4, 0.5) is 0 Å². The SMILES string of the molecule is Bc1c(B)c(B)c2c(c1B)c1c(B)c(Br)c(B)c(B)c1n2-c1ccc(-c2cccc(-c3ccccc3)c2)cc1. The number of aromatic nitrogens is 1. The highest BCUT2D eigenvalue weighted by Crippen LogP contribution is 2.31. The van der Waals surface area contributed by atoms with Crippen LogP contribution in [0.2, 0.25) is 0 Å². The predicted octanol–water partition coefficient (Wildman–Crippen LogP) is -3.31. The van der Waals surface area contributed by atoms with E-state index in [9.17, 15) is 0 Å². The minimum atomic E-state index is 1.20. The van der Waals surface area contributed by atoms with Gasteiger partial charge in [0.25, 0.3) is 0 Å². The number of benzene rings is 5. The smallest absolute Gasteiger partial charge is 0.141 e. The molecule has 0 atom stereocenters. The van der Waals surface area contributed by atoms with E-state index in [-0.39, 0.29) is 0 Å². The number of fused-ring (bicyclic) bond motifs is 3. The molecule has 0 bridgehead atoms. The molecule has 0 aliphatic rings. The second-order valence-electron chi connectivity index (χ2n) is 11.0. The summed E-state index contributed by atoms with van der Waals surface area (Å²) in [5.41, 5.74) is 18.2. The molecular formula is C30H27B7BrN. The first-order valence-electron chi connectivity index (χ1n) is 13.7. The van der Waals surface area contributed by atoms with E-state index >= 15 is 0 Å². The molecule has 0 radical (unpaired) electrons. The molecule has 1 heterocycles. The van der Waals surface area contributed by atoms with Gasteiger partial charge in [0, 0.05) is 26.6 Å². The van der Waals surface area contributed by atoms with Crippen molar-refractivity contribution in [3.63, 3.8) is 0 Å². The van der Waals surface area contributed by atoms with E-state index in [0.717, 1.165) is 0 Å². The first-order chi connectivity index (χ1) is 18.7. The molecule has 6 rings (SSSR count). The minimum Gasteiger partial charge on any atom is -0.310 e. The van der Waals surface area contributed by atoms with Gasteiger partial charge in [-0.1, -0.05) is 109 Å². The topological polar surface area (TPSA) is 4.93 Å². The molecule has 9 heteroatoms. The zero-order valence-corrected chi connectivity index (χ0v) is 25.4. The molecule has 1 nitrogen and oxygen atoms in total. The second kappa shape index (κ2) is 9.79. The van der Waals surface area contributed by atoms with Crippen molar-refractivity contribution in [3.8, 4) is 27.9 Å². The van der Waals surface area contributed by atoms with Crippen molar-refractivity contribution < 1.29 is 0 Å². The van der Waals surface area contributed by atoms with Crippen LogP contribution in [0.15, 0.2) is 83.3 Å². The molecule has 0 unspecified atom stereocenters. The Morgan fingerprint density at radius 3 is 1.54 bits per heavy atom. The summed E-state index contributed by atoms with van der Waals surface area (Å²) in [6.07, 6.45) is 0. The Balaban J connectivity index is 1.60. The van der Waals surface area contributed by atoms with Crippen molar-refractivity contribution in [1.29, 1.82) is 0 Å². The average molecular weight is 557 g/mol. The third kappa shape index (κ3) is 4.01. The number of hydrogen-bond acceptors (Lipinski definition) is 0. The highest BCUT2D eigenvalue weighted by Gasteiger charge is 2.23. The fraction of sp³-hybridized carbons (Fsp3) is 0. The normalized spacial score (nSPS) is 11.4. The van der Waals surface area contributed by atoms with E-state index < -0.39 is 0 Å². The second-order valence-corrected chi connectivity index (χ2v) is 11.8. The molecule has 0 spiro atoms. The van der Waals surface area contributed by atoms with Crippen molar-refractivity contribution in [3.05, 3.63) is 83.3 Å². The monoisotopic (exact) mass is 557 g/mol. The lowest BCUT2D eigenvalue weighted by molar-refractivity contribution is 1.19. The molecule has 0 aliphatic heterocycles. The summed E-state index contributed by atoms with van der Waals surface area (Å²) in [7, 11) is 15.9. The largest absolute Gasteiger partial charge is 0.310 e. The van der Waals surface area contributed by atoms with Crippen LogP contribution >= 0.6 is 15.9 Å². The van der Waals surface area contributed by atoms with Gasteiger partial charge in [-0.25, -0.2) is 0 Å². The van der Waals surface area contributed by atoms with Crippen LogP contribution in [0.1, 0.15) is 0 Å². The molecule has 0 fully saturated rings. The number of nitrogens with zero attached hydrogens (tertiary/aromatic N) is 1. The van der Waals surface area contributed by atoms with Crippen molar-refractivity contribution in [2.45, 2.75) is 0 Å². The van der Waals surface area contributed by atoms with E-state index in [0.29, 0.717) is 0 Å². The summed E-state index contributed by atoms with van der Waals surface area (Å²) in [6.45, 7) is 0. The first kappa shape index (κ1) is 26.1. The molecule has 6 aromatic rings. The molecule has 0 saturated carbocycles. The van der Waals surface area contributed by atoms with Crippen molar-refractivity contribution in [2.75, 3.05) is 0 Å². The Morgan fingerprint density at radius 2 is 0.923 bits per heavy atom. The molecule has 0 aliphatic carbocycles. The number of hydrogen-bond donors (Lipinski definition) is 0. The molecular weight excluding hydrogens is 530 g/mol. The summed E-state index contributed by atoms with van der Waals surface area (Å²) in [5.74, 6) is 0. The van der Waals surface area contributed by atoms with Crippen molar-refractivity contribution in [2.24, 2.45) is 0 Å². The summed E-state index contributed by atoms with van der Waals surface area (Å²) in [4.78, 5) is 0. The zero-order valence-electron chi connectivity index (χ0n) is 23.8. The molecule has 180 valence electrons. The van der Waals surface area contributed by atoms with E-state index in [1.807, 2.05) is 0 Å². The fourth-order valence-corrected chi connectivity index (χ4v) is 6.74. The molecule has 1 aromatic heterocycles. The molecule has 0 N–H and O–H groups in total. The fourth-order valence-electron chi connectivity index (χ4n) is 6.24. The van der Waals surface area contributed by atoms with E-state index in [1.165, 1.54) is 92.5 Å². The van der Waals surface area contributed by atoms with E-state index in [2.05, 4.69) is 154 Å². The van der Waals surface area contributed by atoms with Gasteiger partial charge < -0.3 is 4.57 Å². The summed E-state index contributed by atoms with van der Waals surface area (Å²) in [6, 6.07) is 28.6. The van der Waals surface area contributed by atoms with Gasteiger partial charge in [0.15, 0.2) is 0 Å². The van der Waals surface area contributed by atoms with Crippen LogP contribution < -0.4 is 38.2 Å². The molecule has 5 aromatic carbocycles. The third-order valence-electron chi connectivity index (χ3n) is 8.97. The van der Waals surface area contributed by atoms with Crippen LogP contribution in [0.3, 0.4) is 0 Å². The van der Waals surface area contributed by atoms with Gasteiger partial charge in [-0.05, 0) is 45.8 Å². The number of rotatable bonds is 3. The summed E-state index contributed by atoms with van der Waals surface area (Å²) >= 11 is 3.93. The first-order valence-corrected chi connectivity index (χ1v) is 14.5. The van der Waals surface area contributed by atoms with Gasteiger partial charge in [-0.2, -0.15) is 0 Å². The summed E-state index contributed by atoms with van der Waals surface area (Å²) < 4.78 is 3.74. The predicted molar refractivity (Wildman–Crippen MR) is 197 cm³/mol. The zero-order chi connectivity index (χ0) is 27.6. The Hall–Kier alpha value is -3.17. The van der Waals surface area contributed by atoms with E-state index in [4.69, 9.17) is 0 Å². The van der Waals surface area contributed by atoms with E-state index in [1.54, 1.807) is 0 Å². The minimum absolute atomic E-state index is 1.20. The highest BCUT2D eigenvalue weighted by atomic mass is 79.9. The Kier molecular flexibility index (Phi) is 6.54. The van der Waals surface area contributed by atoms with Gasteiger partial charge in [-0.15, -0.1) is 5.46 Å². The van der Waals surface area contributed by atoms with Crippen LogP contribution in [0.25, 0.3) is 49.7 Å². The van der Waals surface area contributed by atoms with Crippen molar-refractivity contribution in [1.82, 2.24) is 4.57 Å². The quantitative estimate of drug-likeness (QED) is 0.201. The van der Waals surface area contributed by atoms with Crippen LogP contribution in [-0.4, -0.2) is 59.5 Å². The standard InChI is InChI=1S/C30H27B7BrN/c31-21-19-20-22(32)28(38)25(35)27(37)30(20)39(29(19)26(36)24(34)23(21)33)18-11-9-15(10-12-18)17-8-4-7-16(13-17)14-5-2-1-3-6-14/h1-13H,31-37H2. The van der Waals surface area contributed by atoms with Gasteiger partial charge >= 0.3 is 0 Å². The molecule has 39 heavy (non-hydrogen) atoms. The average Bonchev–Trinajstić information content (AvgIpc) is 3.34. The lowest BCUT2D eigenvalue weighted by Gasteiger charge is -2.17. The Labute approximate surface area is 245 Å². The lowest BCUT2D eigenvalue weighted by Crippen LogP contribution is -2.48.